The van der Waals surface area contributed by atoms with Crippen molar-refractivity contribution in [2.75, 3.05) is 19.8 Å². The highest BCUT2D eigenvalue weighted by atomic mass is 79.9. The summed E-state index contributed by atoms with van der Waals surface area (Å²) >= 11 is 6.18. The molecule has 1 aromatic carbocycles. The van der Waals surface area contributed by atoms with E-state index in [2.05, 4.69) is 20.9 Å². The van der Waals surface area contributed by atoms with Crippen molar-refractivity contribution in [3.8, 4) is 5.75 Å². The van der Waals surface area contributed by atoms with Gasteiger partial charge >= 0.3 is 11.9 Å². The predicted octanol–water partition coefficient (Wildman–Crippen LogP) is 3.56. The molecule has 3 aromatic rings. The van der Waals surface area contributed by atoms with E-state index in [1.54, 1.807) is 49.6 Å². The maximum Gasteiger partial charge on any atom is 0.344 e. The molecule has 36 heavy (non-hydrogen) atoms. The van der Waals surface area contributed by atoms with Crippen molar-refractivity contribution in [1.82, 2.24) is 4.57 Å². The van der Waals surface area contributed by atoms with Gasteiger partial charge in [0.05, 0.1) is 33.5 Å². The van der Waals surface area contributed by atoms with E-state index in [0.717, 1.165) is 10.4 Å². The second-order valence-corrected chi connectivity index (χ2v) is 10.4. The monoisotopic (exact) mass is 590 g/mol. The van der Waals surface area contributed by atoms with Crippen LogP contribution in [0.5, 0.6) is 5.75 Å². The second kappa shape index (κ2) is 11.4. The molecule has 0 spiro atoms. The van der Waals surface area contributed by atoms with Crippen molar-refractivity contribution in [3.05, 3.63) is 81.6 Å². The van der Waals surface area contributed by atoms with Gasteiger partial charge in [-0.15, -0.1) is 11.3 Å². The number of thiazole rings is 1. The van der Waals surface area contributed by atoms with E-state index in [0.29, 0.717) is 30.8 Å². The van der Waals surface area contributed by atoms with Gasteiger partial charge in [-0.2, -0.15) is 0 Å². The zero-order valence-corrected chi connectivity index (χ0v) is 23.0. The van der Waals surface area contributed by atoms with E-state index in [1.165, 1.54) is 22.7 Å². The van der Waals surface area contributed by atoms with E-state index in [-0.39, 0.29) is 25.4 Å². The molecule has 11 heteroatoms. The molecule has 1 aliphatic rings. The van der Waals surface area contributed by atoms with Crippen LogP contribution in [-0.2, 0) is 19.1 Å². The lowest BCUT2D eigenvalue weighted by Gasteiger charge is -2.23. The summed E-state index contributed by atoms with van der Waals surface area (Å²) in [7, 11) is 0. The van der Waals surface area contributed by atoms with Crippen LogP contribution in [0.25, 0.3) is 6.08 Å². The molecule has 4 rings (SSSR count). The van der Waals surface area contributed by atoms with E-state index >= 15 is 0 Å². The number of rotatable bonds is 8. The molecule has 0 saturated carbocycles. The largest absolute Gasteiger partial charge is 0.481 e. The standard InChI is InChI=1S/C25H23BrN2O6S2/c1-4-32-20(29)13-34-17-9-8-15(11-16(17)26)12-19-23(30)28-22(18-7-6-10-35-18)21(24(31)33-5-2)14(3)27-25(28)36-19/h6-12,22H,4-5,13H2,1-3H3/b19-12-/t22-/m0/s1. The molecule has 0 fully saturated rings. The molecule has 0 aliphatic carbocycles. The number of nitrogens with zero attached hydrogens (tertiary/aromatic N) is 2. The molecular weight excluding hydrogens is 568 g/mol. The van der Waals surface area contributed by atoms with E-state index in [9.17, 15) is 14.4 Å². The third kappa shape index (κ3) is 5.37. The summed E-state index contributed by atoms with van der Waals surface area (Å²) in [6, 6.07) is 8.48. The first kappa shape index (κ1) is 26.1. The fraction of sp³-hybridized carbons (Fsp3) is 0.280. The van der Waals surface area contributed by atoms with Crippen LogP contribution in [0.3, 0.4) is 0 Å². The topological polar surface area (TPSA) is 96.2 Å². The molecule has 0 saturated heterocycles. The number of carbonyl (C=O) groups is 2. The fourth-order valence-corrected chi connectivity index (χ4v) is 6.10. The van der Waals surface area contributed by atoms with Gasteiger partial charge in [0.2, 0.25) is 0 Å². The maximum atomic E-state index is 13.6. The molecule has 1 aliphatic heterocycles. The summed E-state index contributed by atoms with van der Waals surface area (Å²) in [5.41, 5.74) is 1.41. The second-order valence-electron chi connectivity index (χ2n) is 7.60. The summed E-state index contributed by atoms with van der Waals surface area (Å²) in [4.78, 5) is 43.9. The zero-order chi connectivity index (χ0) is 25.8. The number of benzene rings is 1. The van der Waals surface area contributed by atoms with Gasteiger partial charge in [0, 0.05) is 4.88 Å². The van der Waals surface area contributed by atoms with Crippen molar-refractivity contribution in [3.63, 3.8) is 0 Å². The average Bonchev–Trinajstić information content (AvgIpc) is 3.47. The van der Waals surface area contributed by atoms with Crippen LogP contribution in [0, 0.1) is 0 Å². The minimum Gasteiger partial charge on any atom is -0.481 e. The Morgan fingerprint density at radius 3 is 2.64 bits per heavy atom. The van der Waals surface area contributed by atoms with Crippen LogP contribution in [0.15, 0.2) is 61.2 Å². The van der Waals surface area contributed by atoms with Gasteiger partial charge in [-0.25, -0.2) is 14.6 Å². The van der Waals surface area contributed by atoms with E-state index in [1.807, 2.05) is 17.5 Å². The number of hydrogen-bond acceptors (Lipinski definition) is 9. The SMILES string of the molecule is CCOC(=O)COc1ccc(/C=c2\sc3n(c2=O)[C@@H](c2cccs2)C(C(=O)OCC)=C(C)N=3)cc1Br. The lowest BCUT2D eigenvalue weighted by molar-refractivity contribution is -0.145. The van der Waals surface area contributed by atoms with Crippen LogP contribution in [0.2, 0.25) is 0 Å². The molecule has 0 radical (unpaired) electrons. The number of allylic oxidation sites excluding steroid dienone is 1. The summed E-state index contributed by atoms with van der Waals surface area (Å²) in [6.07, 6.45) is 1.76. The number of aromatic nitrogens is 1. The van der Waals surface area contributed by atoms with Crippen molar-refractivity contribution < 1.29 is 23.8 Å². The van der Waals surface area contributed by atoms with Gasteiger partial charge in [-0.1, -0.05) is 23.5 Å². The molecular formula is C25H23BrN2O6S2. The molecule has 1 atom stereocenters. The highest BCUT2D eigenvalue weighted by Gasteiger charge is 2.33. The Kier molecular flexibility index (Phi) is 8.22. The minimum atomic E-state index is -0.604. The Hall–Kier alpha value is -3.02. The van der Waals surface area contributed by atoms with Crippen LogP contribution in [0.1, 0.15) is 37.3 Å². The molecule has 3 heterocycles. The van der Waals surface area contributed by atoms with Gasteiger partial charge in [0.15, 0.2) is 11.4 Å². The van der Waals surface area contributed by atoms with Gasteiger partial charge in [0.25, 0.3) is 5.56 Å². The van der Waals surface area contributed by atoms with Crippen LogP contribution in [-0.4, -0.2) is 36.3 Å². The number of hydrogen-bond donors (Lipinski definition) is 0. The van der Waals surface area contributed by atoms with Crippen molar-refractivity contribution >= 4 is 56.6 Å². The molecule has 0 amide bonds. The third-order valence-corrected chi connectivity index (χ3v) is 7.76. The summed E-state index contributed by atoms with van der Waals surface area (Å²) < 4.78 is 18.3. The van der Waals surface area contributed by atoms with Crippen molar-refractivity contribution in [2.24, 2.45) is 4.99 Å². The quantitative estimate of drug-likeness (QED) is 0.372. The van der Waals surface area contributed by atoms with Gasteiger partial charge < -0.3 is 14.2 Å². The maximum absolute atomic E-state index is 13.6. The number of fused-ring (bicyclic) bond motifs is 1. The van der Waals surface area contributed by atoms with Crippen LogP contribution >= 0.6 is 38.6 Å². The van der Waals surface area contributed by atoms with Crippen molar-refractivity contribution in [1.29, 1.82) is 0 Å². The smallest absolute Gasteiger partial charge is 0.344 e. The first-order valence-corrected chi connectivity index (χ1v) is 13.6. The van der Waals surface area contributed by atoms with Crippen LogP contribution in [0.4, 0.5) is 0 Å². The van der Waals surface area contributed by atoms with E-state index < -0.39 is 18.0 Å². The minimum absolute atomic E-state index is 0.199. The molecule has 0 bridgehead atoms. The van der Waals surface area contributed by atoms with Crippen molar-refractivity contribution in [2.45, 2.75) is 26.8 Å². The summed E-state index contributed by atoms with van der Waals surface area (Å²) in [6.45, 7) is 5.55. The first-order chi connectivity index (χ1) is 17.3. The number of thiophene rings is 1. The molecule has 188 valence electrons. The lowest BCUT2D eigenvalue weighted by atomic mass is 10.0. The lowest BCUT2D eigenvalue weighted by Crippen LogP contribution is -2.39. The summed E-state index contributed by atoms with van der Waals surface area (Å²) in [5, 5.41) is 1.91. The number of ether oxygens (including phenoxy) is 3. The zero-order valence-electron chi connectivity index (χ0n) is 19.8. The van der Waals surface area contributed by atoms with E-state index in [4.69, 9.17) is 14.2 Å². The van der Waals surface area contributed by atoms with Gasteiger partial charge in [-0.3, -0.25) is 9.36 Å². The summed E-state index contributed by atoms with van der Waals surface area (Å²) in [5.74, 6) is -0.449. The fourth-order valence-electron chi connectivity index (χ4n) is 3.72. The molecule has 0 N–H and O–H groups in total. The Labute approximate surface area is 223 Å². The Balaban J connectivity index is 1.73. The first-order valence-electron chi connectivity index (χ1n) is 11.1. The molecule has 0 unspecified atom stereocenters. The Morgan fingerprint density at radius 2 is 1.97 bits per heavy atom. The highest BCUT2D eigenvalue weighted by Crippen LogP contribution is 2.33. The number of halogens is 1. The average molecular weight is 592 g/mol. The number of esters is 2. The molecule has 8 nitrogen and oxygen atoms in total. The van der Waals surface area contributed by atoms with Gasteiger partial charge in [-0.05, 0) is 71.9 Å². The third-order valence-electron chi connectivity index (χ3n) is 5.23. The van der Waals surface area contributed by atoms with Gasteiger partial charge in [0.1, 0.15) is 11.8 Å². The van der Waals surface area contributed by atoms with Crippen LogP contribution < -0.4 is 19.6 Å². The predicted molar refractivity (Wildman–Crippen MR) is 141 cm³/mol. The Bertz CT molecular complexity index is 1500. The highest BCUT2D eigenvalue weighted by molar-refractivity contribution is 9.10. The Morgan fingerprint density at radius 1 is 1.19 bits per heavy atom. The molecule has 2 aromatic heterocycles. The number of carbonyl (C=O) groups excluding carboxylic acids is 2. The normalized spacial score (nSPS) is 15.3.